The van der Waals surface area contributed by atoms with Crippen molar-refractivity contribution in [3.05, 3.63) is 23.9 Å². The van der Waals surface area contributed by atoms with Gasteiger partial charge in [0.15, 0.2) is 0 Å². The van der Waals surface area contributed by atoms with Gasteiger partial charge in [-0.05, 0) is 19.4 Å². The average molecular weight is 291 g/mol. The number of carbonyl (C=O) groups is 2. The maximum Gasteiger partial charge on any atom is 0.227 e. The van der Waals surface area contributed by atoms with Crippen molar-refractivity contribution in [2.75, 3.05) is 20.2 Å². The van der Waals surface area contributed by atoms with Gasteiger partial charge < -0.3 is 15.4 Å². The molecule has 1 aliphatic heterocycles. The van der Waals surface area contributed by atoms with Gasteiger partial charge in [-0.25, -0.2) is 4.98 Å². The molecule has 1 unspecified atom stereocenters. The molecule has 0 aliphatic carbocycles. The molecular formula is C15H21N3O3. The summed E-state index contributed by atoms with van der Waals surface area (Å²) in [6.45, 7) is 2.79. The second kappa shape index (κ2) is 6.56. The van der Waals surface area contributed by atoms with Crippen LogP contribution < -0.4 is 15.4 Å². The number of rotatable bonds is 5. The number of ether oxygens (including phenoxy) is 1. The lowest BCUT2D eigenvalue weighted by atomic mass is 9.81. The minimum Gasteiger partial charge on any atom is -0.481 e. The predicted octanol–water partition coefficient (Wildman–Crippen LogP) is 0.665. The third-order valence-electron chi connectivity index (χ3n) is 3.78. The van der Waals surface area contributed by atoms with Crippen molar-refractivity contribution in [1.82, 2.24) is 15.6 Å². The van der Waals surface area contributed by atoms with Gasteiger partial charge in [-0.15, -0.1) is 0 Å². The van der Waals surface area contributed by atoms with Gasteiger partial charge in [-0.1, -0.05) is 6.07 Å². The number of aromatic nitrogens is 1. The summed E-state index contributed by atoms with van der Waals surface area (Å²) >= 11 is 0. The fourth-order valence-corrected chi connectivity index (χ4v) is 2.28. The van der Waals surface area contributed by atoms with E-state index < -0.39 is 5.41 Å². The van der Waals surface area contributed by atoms with Crippen LogP contribution in [0, 0.1) is 5.41 Å². The number of nitrogens with one attached hydrogen (secondary N) is 2. The predicted molar refractivity (Wildman–Crippen MR) is 77.9 cm³/mol. The molecule has 2 heterocycles. The third kappa shape index (κ3) is 3.93. The van der Waals surface area contributed by atoms with E-state index in [0.29, 0.717) is 38.2 Å². The zero-order chi connectivity index (χ0) is 15.3. The molecule has 2 N–H and O–H groups in total. The van der Waals surface area contributed by atoms with Crippen LogP contribution in [-0.4, -0.2) is 37.0 Å². The number of nitrogens with zero attached hydrogens (tertiary/aromatic N) is 1. The molecule has 0 bridgehead atoms. The normalized spacial score (nSPS) is 21.5. The number of amides is 2. The molecule has 2 rings (SSSR count). The van der Waals surface area contributed by atoms with Gasteiger partial charge in [0.1, 0.15) is 0 Å². The van der Waals surface area contributed by atoms with E-state index in [1.807, 2.05) is 19.1 Å². The number of hydrogen-bond donors (Lipinski definition) is 2. The summed E-state index contributed by atoms with van der Waals surface area (Å²) in [4.78, 5) is 27.7. The first kappa shape index (κ1) is 15.3. The van der Waals surface area contributed by atoms with Gasteiger partial charge >= 0.3 is 0 Å². The summed E-state index contributed by atoms with van der Waals surface area (Å²) in [6, 6.07) is 5.56. The van der Waals surface area contributed by atoms with Gasteiger partial charge in [0.2, 0.25) is 17.7 Å². The van der Waals surface area contributed by atoms with Crippen LogP contribution in [0.1, 0.15) is 25.5 Å². The summed E-state index contributed by atoms with van der Waals surface area (Å²) in [5, 5.41) is 5.67. The maximum absolute atomic E-state index is 12.2. The molecule has 6 nitrogen and oxygen atoms in total. The molecule has 1 fully saturated rings. The van der Waals surface area contributed by atoms with Crippen molar-refractivity contribution in [1.29, 1.82) is 0 Å². The van der Waals surface area contributed by atoms with Gasteiger partial charge in [0.25, 0.3) is 0 Å². The van der Waals surface area contributed by atoms with E-state index in [-0.39, 0.29) is 11.8 Å². The van der Waals surface area contributed by atoms with Crippen LogP contribution in [0.25, 0.3) is 0 Å². The Morgan fingerprint density at radius 1 is 1.52 bits per heavy atom. The van der Waals surface area contributed by atoms with Crippen LogP contribution in [-0.2, 0) is 16.0 Å². The highest BCUT2D eigenvalue weighted by Crippen LogP contribution is 2.25. The standard InChI is InChI=1S/C15H21N3O3/c1-15(8-6-12(19)17-10-15)14(20)16-9-7-11-4-3-5-13(18-11)21-2/h3-5H,6-10H2,1-2H3,(H,16,20)(H,17,19). The molecule has 0 spiro atoms. The first-order valence-electron chi connectivity index (χ1n) is 7.08. The van der Waals surface area contributed by atoms with E-state index in [1.165, 1.54) is 0 Å². The summed E-state index contributed by atoms with van der Waals surface area (Å²) in [7, 11) is 1.58. The lowest BCUT2D eigenvalue weighted by molar-refractivity contribution is -0.134. The number of hydrogen-bond acceptors (Lipinski definition) is 4. The van der Waals surface area contributed by atoms with Gasteiger partial charge in [0, 0.05) is 37.7 Å². The molecule has 1 aromatic rings. The van der Waals surface area contributed by atoms with E-state index in [1.54, 1.807) is 13.2 Å². The number of piperidine rings is 1. The summed E-state index contributed by atoms with van der Waals surface area (Å²) < 4.78 is 5.06. The van der Waals surface area contributed by atoms with E-state index in [9.17, 15) is 9.59 Å². The molecule has 1 saturated heterocycles. The lowest BCUT2D eigenvalue weighted by Gasteiger charge is -2.32. The third-order valence-corrected chi connectivity index (χ3v) is 3.78. The van der Waals surface area contributed by atoms with Crippen molar-refractivity contribution < 1.29 is 14.3 Å². The van der Waals surface area contributed by atoms with E-state index in [0.717, 1.165) is 5.69 Å². The Labute approximate surface area is 124 Å². The molecule has 114 valence electrons. The number of carbonyl (C=O) groups excluding carboxylic acids is 2. The first-order valence-corrected chi connectivity index (χ1v) is 7.08. The Morgan fingerprint density at radius 3 is 3.00 bits per heavy atom. The van der Waals surface area contributed by atoms with Crippen LogP contribution in [0.15, 0.2) is 18.2 Å². The summed E-state index contributed by atoms with van der Waals surface area (Å²) in [5.41, 5.74) is 0.354. The Hall–Kier alpha value is -2.11. The minimum absolute atomic E-state index is 0.0147. The van der Waals surface area contributed by atoms with Crippen molar-refractivity contribution in [3.63, 3.8) is 0 Å². The van der Waals surface area contributed by atoms with Crippen LogP contribution in [0.5, 0.6) is 5.88 Å². The number of pyridine rings is 1. The number of methoxy groups -OCH3 is 1. The minimum atomic E-state index is -0.518. The monoisotopic (exact) mass is 291 g/mol. The second-order valence-electron chi connectivity index (χ2n) is 5.51. The molecule has 2 amide bonds. The Morgan fingerprint density at radius 2 is 2.33 bits per heavy atom. The second-order valence-corrected chi connectivity index (χ2v) is 5.51. The fourth-order valence-electron chi connectivity index (χ4n) is 2.28. The Kier molecular flexibility index (Phi) is 4.77. The van der Waals surface area contributed by atoms with Crippen LogP contribution in [0.3, 0.4) is 0 Å². The molecule has 1 atom stereocenters. The van der Waals surface area contributed by atoms with Gasteiger partial charge in [0.05, 0.1) is 12.5 Å². The molecule has 6 heteroatoms. The van der Waals surface area contributed by atoms with Crippen molar-refractivity contribution in [2.45, 2.75) is 26.2 Å². The van der Waals surface area contributed by atoms with E-state index >= 15 is 0 Å². The molecule has 0 aromatic carbocycles. The summed E-state index contributed by atoms with van der Waals surface area (Å²) in [5.74, 6) is 0.562. The lowest BCUT2D eigenvalue weighted by Crippen LogP contribution is -2.50. The Bertz CT molecular complexity index is 521. The van der Waals surface area contributed by atoms with Crippen LogP contribution >= 0.6 is 0 Å². The van der Waals surface area contributed by atoms with Crippen LogP contribution in [0.2, 0.25) is 0 Å². The molecule has 0 saturated carbocycles. The quantitative estimate of drug-likeness (QED) is 0.835. The zero-order valence-electron chi connectivity index (χ0n) is 12.4. The van der Waals surface area contributed by atoms with Crippen LogP contribution in [0.4, 0.5) is 0 Å². The molecule has 1 aromatic heterocycles. The molecule has 1 aliphatic rings. The molecule has 21 heavy (non-hydrogen) atoms. The fraction of sp³-hybridized carbons (Fsp3) is 0.533. The average Bonchev–Trinajstić information content (AvgIpc) is 2.50. The van der Waals surface area contributed by atoms with E-state index in [2.05, 4.69) is 15.6 Å². The largest absolute Gasteiger partial charge is 0.481 e. The van der Waals surface area contributed by atoms with Gasteiger partial charge in [-0.3, -0.25) is 9.59 Å². The smallest absolute Gasteiger partial charge is 0.227 e. The highest BCUT2D eigenvalue weighted by atomic mass is 16.5. The SMILES string of the molecule is COc1cccc(CCNC(=O)C2(C)CCC(=O)NC2)n1. The van der Waals surface area contributed by atoms with Crippen molar-refractivity contribution in [3.8, 4) is 5.88 Å². The molecular weight excluding hydrogens is 270 g/mol. The van der Waals surface area contributed by atoms with Gasteiger partial charge in [-0.2, -0.15) is 0 Å². The summed E-state index contributed by atoms with van der Waals surface area (Å²) in [6.07, 6.45) is 1.63. The first-order chi connectivity index (χ1) is 10.0. The molecule has 0 radical (unpaired) electrons. The topological polar surface area (TPSA) is 80.3 Å². The zero-order valence-corrected chi connectivity index (χ0v) is 12.4. The van der Waals surface area contributed by atoms with Crippen molar-refractivity contribution in [2.24, 2.45) is 5.41 Å². The Balaban J connectivity index is 1.82. The maximum atomic E-state index is 12.2. The highest BCUT2D eigenvalue weighted by Gasteiger charge is 2.36. The van der Waals surface area contributed by atoms with E-state index in [4.69, 9.17) is 4.74 Å². The highest BCUT2D eigenvalue weighted by molar-refractivity contribution is 5.86. The van der Waals surface area contributed by atoms with Crippen molar-refractivity contribution >= 4 is 11.8 Å².